The monoisotopic (exact) mass is 318 g/mol. The number of hydrogen-bond acceptors (Lipinski definition) is 3. The number of benzene rings is 1. The van der Waals surface area contributed by atoms with Crippen LogP contribution in [0.15, 0.2) is 30.3 Å². The predicted octanol–water partition coefficient (Wildman–Crippen LogP) is 2.17. The molecule has 126 valence electrons. The first kappa shape index (κ1) is 17.3. The lowest BCUT2D eigenvalue weighted by Crippen LogP contribution is -2.42. The normalized spacial score (nSPS) is 17.1. The fourth-order valence-corrected chi connectivity index (χ4v) is 2.73. The summed E-state index contributed by atoms with van der Waals surface area (Å²) in [7, 11) is 0. The van der Waals surface area contributed by atoms with Gasteiger partial charge in [0.05, 0.1) is 0 Å². The second-order valence-electron chi connectivity index (χ2n) is 6.38. The first-order chi connectivity index (χ1) is 11.0. The number of para-hydroxylation sites is 1. The van der Waals surface area contributed by atoms with E-state index >= 15 is 0 Å². The van der Waals surface area contributed by atoms with Crippen molar-refractivity contribution in [1.82, 2.24) is 9.80 Å². The lowest BCUT2D eigenvalue weighted by Gasteiger charge is -2.25. The Bertz CT molecular complexity index is 530. The van der Waals surface area contributed by atoms with E-state index in [-0.39, 0.29) is 11.8 Å². The Morgan fingerprint density at radius 1 is 1.13 bits per heavy atom. The SMILES string of the molecule is CC(C)CN1CCN(C(=O)C(C)Oc2ccccc2)CCC1=O. The van der Waals surface area contributed by atoms with Crippen LogP contribution in [0.5, 0.6) is 5.75 Å². The zero-order valence-corrected chi connectivity index (χ0v) is 14.2. The van der Waals surface area contributed by atoms with Crippen LogP contribution in [0, 0.1) is 5.92 Å². The Labute approximate surface area is 138 Å². The minimum atomic E-state index is -0.552. The molecule has 0 aliphatic carbocycles. The first-order valence-electron chi connectivity index (χ1n) is 8.25. The lowest BCUT2D eigenvalue weighted by atomic mass is 10.2. The fourth-order valence-electron chi connectivity index (χ4n) is 2.73. The molecular formula is C18H26N2O3. The van der Waals surface area contributed by atoms with Crippen molar-refractivity contribution in [2.24, 2.45) is 5.92 Å². The Morgan fingerprint density at radius 3 is 2.48 bits per heavy atom. The molecule has 1 heterocycles. The molecule has 5 heteroatoms. The molecule has 2 rings (SSSR count). The van der Waals surface area contributed by atoms with Gasteiger partial charge in [-0.1, -0.05) is 32.0 Å². The van der Waals surface area contributed by atoms with E-state index in [1.807, 2.05) is 35.2 Å². The van der Waals surface area contributed by atoms with Crippen molar-refractivity contribution in [3.8, 4) is 5.75 Å². The minimum Gasteiger partial charge on any atom is -0.481 e. The molecule has 1 fully saturated rings. The number of nitrogens with zero attached hydrogens (tertiary/aromatic N) is 2. The molecular weight excluding hydrogens is 292 g/mol. The second-order valence-corrected chi connectivity index (χ2v) is 6.38. The van der Waals surface area contributed by atoms with E-state index in [1.165, 1.54) is 0 Å². The third-order valence-electron chi connectivity index (χ3n) is 3.89. The van der Waals surface area contributed by atoms with Crippen molar-refractivity contribution in [3.05, 3.63) is 30.3 Å². The molecule has 0 spiro atoms. The Morgan fingerprint density at radius 2 is 1.83 bits per heavy atom. The van der Waals surface area contributed by atoms with E-state index in [1.54, 1.807) is 11.8 Å². The van der Waals surface area contributed by atoms with Gasteiger partial charge in [-0.15, -0.1) is 0 Å². The topological polar surface area (TPSA) is 49.9 Å². The Kier molecular flexibility index (Phi) is 6.02. The van der Waals surface area contributed by atoms with Crippen molar-refractivity contribution in [2.45, 2.75) is 33.3 Å². The van der Waals surface area contributed by atoms with Crippen LogP contribution < -0.4 is 4.74 Å². The molecule has 1 aromatic rings. The number of carbonyl (C=O) groups is 2. The summed E-state index contributed by atoms with van der Waals surface area (Å²) in [5.74, 6) is 1.18. The predicted molar refractivity (Wildman–Crippen MR) is 89.1 cm³/mol. The minimum absolute atomic E-state index is 0.0620. The standard InChI is InChI=1S/C18H26N2O3/c1-14(2)13-20-12-11-19(10-9-17(20)21)18(22)15(3)23-16-7-5-4-6-8-16/h4-8,14-15H,9-13H2,1-3H3. The number of ether oxygens (including phenoxy) is 1. The zero-order valence-electron chi connectivity index (χ0n) is 14.2. The highest BCUT2D eigenvalue weighted by Gasteiger charge is 2.27. The summed E-state index contributed by atoms with van der Waals surface area (Å²) >= 11 is 0. The average Bonchev–Trinajstić information content (AvgIpc) is 2.70. The van der Waals surface area contributed by atoms with Gasteiger partial charge in [0.25, 0.3) is 5.91 Å². The first-order valence-corrected chi connectivity index (χ1v) is 8.25. The molecule has 5 nitrogen and oxygen atoms in total. The van der Waals surface area contributed by atoms with E-state index in [0.717, 1.165) is 6.54 Å². The molecule has 0 N–H and O–H groups in total. The van der Waals surface area contributed by atoms with Crippen molar-refractivity contribution in [3.63, 3.8) is 0 Å². The molecule has 1 aromatic carbocycles. The molecule has 1 aliphatic heterocycles. The van der Waals surface area contributed by atoms with Gasteiger partial charge >= 0.3 is 0 Å². The van der Waals surface area contributed by atoms with Crippen LogP contribution in [0.25, 0.3) is 0 Å². The lowest BCUT2D eigenvalue weighted by molar-refractivity contribution is -0.137. The van der Waals surface area contributed by atoms with Crippen LogP contribution >= 0.6 is 0 Å². The van der Waals surface area contributed by atoms with Gasteiger partial charge in [-0.2, -0.15) is 0 Å². The Balaban J connectivity index is 1.93. The van der Waals surface area contributed by atoms with Gasteiger partial charge in [0, 0.05) is 32.6 Å². The number of amides is 2. The highest BCUT2D eigenvalue weighted by molar-refractivity contribution is 5.83. The summed E-state index contributed by atoms with van der Waals surface area (Å²) in [6.45, 7) is 8.33. The molecule has 0 radical (unpaired) electrons. The van der Waals surface area contributed by atoms with Crippen LogP contribution in [0.1, 0.15) is 27.2 Å². The Hall–Kier alpha value is -2.04. The van der Waals surface area contributed by atoms with Crippen molar-refractivity contribution in [1.29, 1.82) is 0 Å². The molecule has 1 unspecified atom stereocenters. The van der Waals surface area contributed by atoms with Crippen LogP contribution in [-0.2, 0) is 9.59 Å². The second kappa shape index (κ2) is 7.99. The summed E-state index contributed by atoms with van der Waals surface area (Å²) in [5, 5.41) is 0. The number of rotatable bonds is 5. The molecule has 0 saturated carbocycles. The van der Waals surface area contributed by atoms with E-state index in [4.69, 9.17) is 4.74 Å². The maximum absolute atomic E-state index is 12.6. The van der Waals surface area contributed by atoms with Gasteiger partial charge < -0.3 is 14.5 Å². The summed E-state index contributed by atoms with van der Waals surface area (Å²) in [6.07, 6.45) is -0.166. The van der Waals surface area contributed by atoms with Crippen molar-refractivity contribution < 1.29 is 14.3 Å². The molecule has 0 bridgehead atoms. The molecule has 23 heavy (non-hydrogen) atoms. The molecule has 2 amide bonds. The number of hydrogen-bond donors (Lipinski definition) is 0. The molecule has 0 aromatic heterocycles. The van der Waals surface area contributed by atoms with E-state index in [0.29, 0.717) is 37.7 Å². The average molecular weight is 318 g/mol. The van der Waals surface area contributed by atoms with Gasteiger partial charge in [0.2, 0.25) is 5.91 Å². The van der Waals surface area contributed by atoms with E-state index < -0.39 is 6.10 Å². The van der Waals surface area contributed by atoms with Gasteiger partial charge in [0.15, 0.2) is 6.10 Å². The summed E-state index contributed by atoms with van der Waals surface area (Å²) in [4.78, 5) is 28.3. The van der Waals surface area contributed by atoms with E-state index in [9.17, 15) is 9.59 Å². The van der Waals surface area contributed by atoms with Gasteiger partial charge in [-0.3, -0.25) is 9.59 Å². The maximum Gasteiger partial charge on any atom is 0.263 e. The third-order valence-corrected chi connectivity index (χ3v) is 3.89. The highest BCUT2D eigenvalue weighted by atomic mass is 16.5. The van der Waals surface area contributed by atoms with Crippen LogP contribution in [0.3, 0.4) is 0 Å². The largest absolute Gasteiger partial charge is 0.481 e. The highest BCUT2D eigenvalue weighted by Crippen LogP contribution is 2.14. The maximum atomic E-state index is 12.6. The van der Waals surface area contributed by atoms with Crippen LogP contribution in [0.4, 0.5) is 0 Å². The quantitative estimate of drug-likeness (QED) is 0.836. The van der Waals surface area contributed by atoms with Gasteiger partial charge in [-0.05, 0) is 25.0 Å². The molecule has 1 saturated heterocycles. The smallest absolute Gasteiger partial charge is 0.263 e. The summed E-state index contributed by atoms with van der Waals surface area (Å²) < 4.78 is 5.70. The third kappa shape index (κ3) is 4.98. The van der Waals surface area contributed by atoms with Crippen molar-refractivity contribution >= 4 is 11.8 Å². The summed E-state index contributed by atoms with van der Waals surface area (Å²) in [5.41, 5.74) is 0. The van der Waals surface area contributed by atoms with Crippen molar-refractivity contribution in [2.75, 3.05) is 26.2 Å². The van der Waals surface area contributed by atoms with Gasteiger partial charge in [0.1, 0.15) is 5.75 Å². The van der Waals surface area contributed by atoms with Gasteiger partial charge in [-0.25, -0.2) is 0 Å². The molecule has 1 aliphatic rings. The van der Waals surface area contributed by atoms with E-state index in [2.05, 4.69) is 13.8 Å². The molecule has 1 atom stereocenters. The summed E-state index contributed by atoms with van der Waals surface area (Å²) in [6, 6.07) is 9.32. The fraction of sp³-hybridized carbons (Fsp3) is 0.556. The van der Waals surface area contributed by atoms with Crippen LogP contribution in [0.2, 0.25) is 0 Å². The van der Waals surface area contributed by atoms with Crippen LogP contribution in [-0.4, -0.2) is 53.9 Å². The zero-order chi connectivity index (χ0) is 16.8. The number of carbonyl (C=O) groups excluding carboxylic acids is 2.